The Morgan fingerprint density at radius 2 is 1.61 bits per heavy atom. The van der Waals surface area contributed by atoms with Gasteiger partial charge in [0.2, 0.25) is 11.8 Å². The summed E-state index contributed by atoms with van der Waals surface area (Å²) in [4.78, 5) is 29.1. The maximum Gasteiger partial charge on any atom is 0.264 e. The molecule has 0 aromatic heterocycles. The number of hydrogen-bond donors (Lipinski definition) is 1. The highest BCUT2D eigenvalue weighted by Gasteiger charge is 2.33. The summed E-state index contributed by atoms with van der Waals surface area (Å²) in [5, 5.41) is 3.12. The number of ether oxygens (including phenoxy) is 2. The number of carbonyl (C=O) groups is 2. The van der Waals surface area contributed by atoms with Crippen molar-refractivity contribution in [2.75, 3.05) is 25.1 Å². The van der Waals surface area contributed by atoms with Crippen LogP contribution in [0.15, 0.2) is 76.1 Å². The lowest BCUT2D eigenvalue weighted by Crippen LogP contribution is -2.53. The van der Waals surface area contributed by atoms with Gasteiger partial charge in [-0.05, 0) is 90.6 Å². The number of hydrogen-bond acceptors (Lipinski definition) is 6. The van der Waals surface area contributed by atoms with Gasteiger partial charge in [-0.1, -0.05) is 49.1 Å². The maximum atomic E-state index is 14.2. The lowest BCUT2D eigenvalue weighted by molar-refractivity contribution is -0.139. The summed E-state index contributed by atoms with van der Waals surface area (Å²) >= 11 is 3.38. The molecule has 236 valence electrons. The number of anilines is 1. The molecule has 0 heterocycles. The van der Waals surface area contributed by atoms with E-state index < -0.39 is 28.5 Å². The third kappa shape index (κ3) is 8.12. The highest BCUT2D eigenvalue weighted by molar-refractivity contribution is 9.10. The third-order valence-corrected chi connectivity index (χ3v) is 10.3. The number of halogens is 1. The molecule has 1 saturated carbocycles. The molecule has 4 rings (SSSR count). The molecule has 1 aliphatic carbocycles. The van der Waals surface area contributed by atoms with Gasteiger partial charge in [0.15, 0.2) is 0 Å². The minimum atomic E-state index is -4.21. The fraction of sp³-hybridized carbons (Fsp3) is 0.394. The van der Waals surface area contributed by atoms with Crippen molar-refractivity contribution in [2.45, 2.75) is 69.5 Å². The highest BCUT2D eigenvalue weighted by Crippen LogP contribution is 2.31. The van der Waals surface area contributed by atoms with Crippen LogP contribution < -0.4 is 19.1 Å². The van der Waals surface area contributed by atoms with E-state index in [0.717, 1.165) is 47.5 Å². The van der Waals surface area contributed by atoms with Crippen LogP contribution in [0.5, 0.6) is 11.5 Å². The van der Waals surface area contributed by atoms with Crippen molar-refractivity contribution in [3.05, 3.63) is 82.3 Å². The van der Waals surface area contributed by atoms with Gasteiger partial charge in [-0.3, -0.25) is 13.9 Å². The molecule has 0 aliphatic heterocycles. The molecule has 0 spiro atoms. The van der Waals surface area contributed by atoms with Crippen LogP contribution in [0.4, 0.5) is 5.69 Å². The van der Waals surface area contributed by atoms with Crippen LogP contribution in [0.1, 0.15) is 50.2 Å². The Morgan fingerprint density at radius 1 is 0.955 bits per heavy atom. The molecule has 1 aliphatic rings. The second-order valence-corrected chi connectivity index (χ2v) is 13.7. The number of sulfonamides is 1. The van der Waals surface area contributed by atoms with Crippen molar-refractivity contribution < 1.29 is 27.5 Å². The number of amides is 2. The fourth-order valence-electron chi connectivity index (χ4n) is 5.25. The van der Waals surface area contributed by atoms with Crippen molar-refractivity contribution in [2.24, 2.45) is 0 Å². The number of carbonyl (C=O) groups excluding carboxylic acids is 2. The highest BCUT2D eigenvalue weighted by atomic mass is 79.9. The summed E-state index contributed by atoms with van der Waals surface area (Å²) < 4.78 is 40.4. The van der Waals surface area contributed by atoms with Gasteiger partial charge in [-0.2, -0.15) is 0 Å². The zero-order valence-electron chi connectivity index (χ0n) is 25.6. The largest absolute Gasteiger partial charge is 0.497 e. The molecule has 1 atom stereocenters. The van der Waals surface area contributed by atoms with Gasteiger partial charge < -0.3 is 19.7 Å². The fourth-order valence-corrected chi connectivity index (χ4v) is 7.39. The normalized spacial score (nSPS) is 14.4. The molecule has 0 radical (unpaired) electrons. The monoisotopic (exact) mass is 685 g/mol. The smallest absolute Gasteiger partial charge is 0.264 e. The zero-order valence-corrected chi connectivity index (χ0v) is 28.0. The zero-order chi connectivity index (χ0) is 31.9. The average Bonchev–Trinajstić information content (AvgIpc) is 3.03. The summed E-state index contributed by atoms with van der Waals surface area (Å²) in [6, 6.07) is 17.8. The first-order chi connectivity index (χ1) is 21.0. The van der Waals surface area contributed by atoms with Gasteiger partial charge >= 0.3 is 0 Å². The number of benzene rings is 3. The summed E-state index contributed by atoms with van der Waals surface area (Å²) in [6.45, 7) is 3.19. The van der Waals surface area contributed by atoms with E-state index in [2.05, 4.69) is 21.2 Å². The van der Waals surface area contributed by atoms with E-state index in [-0.39, 0.29) is 23.4 Å². The van der Waals surface area contributed by atoms with Gasteiger partial charge in [-0.15, -0.1) is 0 Å². The van der Waals surface area contributed by atoms with Gasteiger partial charge in [0.25, 0.3) is 10.0 Å². The van der Waals surface area contributed by atoms with E-state index in [1.807, 2.05) is 19.1 Å². The summed E-state index contributed by atoms with van der Waals surface area (Å²) in [5.74, 6) is 0.369. The number of methoxy groups -OCH3 is 2. The molecule has 1 N–H and O–H groups in total. The predicted octanol–water partition coefficient (Wildman–Crippen LogP) is 5.84. The SMILES string of the molecule is COc1ccc(CN(C(=O)CN(c2ccc(C)cc2)S(=O)(=O)c2ccc(OC)c(Br)c2)[C@H](C)C(=O)NC2CCCCC2)cc1. The molecule has 9 nitrogen and oxygen atoms in total. The molecule has 0 unspecified atom stereocenters. The van der Waals surface area contributed by atoms with Crippen LogP contribution in [-0.2, 0) is 26.2 Å². The molecule has 3 aromatic rings. The Labute approximate surface area is 268 Å². The van der Waals surface area contributed by atoms with Crippen LogP contribution in [-0.4, -0.2) is 58.0 Å². The Morgan fingerprint density at radius 3 is 2.20 bits per heavy atom. The summed E-state index contributed by atoms with van der Waals surface area (Å²) in [7, 11) is -1.14. The Hall–Kier alpha value is -3.57. The second kappa shape index (κ2) is 14.9. The number of aryl methyl sites for hydroxylation is 1. The van der Waals surface area contributed by atoms with Crippen molar-refractivity contribution >= 4 is 43.5 Å². The molecule has 0 bridgehead atoms. The molecule has 1 fully saturated rings. The first-order valence-electron chi connectivity index (χ1n) is 14.7. The summed E-state index contributed by atoms with van der Waals surface area (Å²) in [5.41, 5.74) is 2.05. The minimum Gasteiger partial charge on any atom is -0.497 e. The van der Waals surface area contributed by atoms with Crippen LogP contribution in [0.2, 0.25) is 0 Å². The predicted molar refractivity (Wildman–Crippen MR) is 174 cm³/mol. The van der Waals surface area contributed by atoms with Gasteiger partial charge in [0.1, 0.15) is 24.1 Å². The number of nitrogens with one attached hydrogen (secondary N) is 1. The van der Waals surface area contributed by atoms with E-state index in [9.17, 15) is 18.0 Å². The van der Waals surface area contributed by atoms with Crippen LogP contribution in [0, 0.1) is 6.92 Å². The van der Waals surface area contributed by atoms with E-state index in [1.165, 1.54) is 24.1 Å². The topological polar surface area (TPSA) is 105 Å². The molecule has 2 amide bonds. The third-order valence-electron chi connectivity index (χ3n) is 7.94. The maximum absolute atomic E-state index is 14.2. The molecule has 11 heteroatoms. The van der Waals surface area contributed by atoms with Crippen LogP contribution in [0.25, 0.3) is 0 Å². The quantitative estimate of drug-likeness (QED) is 0.257. The van der Waals surface area contributed by atoms with Gasteiger partial charge in [-0.25, -0.2) is 8.42 Å². The summed E-state index contributed by atoms with van der Waals surface area (Å²) in [6.07, 6.45) is 5.07. The first-order valence-corrected chi connectivity index (χ1v) is 16.9. The molecular weight excluding hydrogens is 646 g/mol. The first kappa shape index (κ1) is 33.3. The molecule has 44 heavy (non-hydrogen) atoms. The van der Waals surface area contributed by atoms with E-state index >= 15 is 0 Å². The lowest BCUT2D eigenvalue weighted by Gasteiger charge is -2.33. The Kier molecular flexibility index (Phi) is 11.3. The van der Waals surface area contributed by atoms with E-state index in [0.29, 0.717) is 21.7 Å². The second-order valence-electron chi connectivity index (χ2n) is 11.0. The molecular formula is C33H40BrN3O6S. The number of nitrogens with zero attached hydrogens (tertiary/aromatic N) is 2. The van der Waals surface area contributed by atoms with Crippen molar-refractivity contribution in [1.29, 1.82) is 0 Å². The standard InChI is InChI=1S/C33H40BrN3O6S/c1-23-10-14-27(15-11-23)37(44(40,41)29-18-19-31(43-4)30(34)20-29)22-32(38)36(21-25-12-16-28(42-3)17-13-25)24(2)33(39)35-26-8-6-5-7-9-26/h10-20,24,26H,5-9,21-22H2,1-4H3,(H,35,39)/t24-/m1/s1. The van der Waals surface area contributed by atoms with Crippen molar-refractivity contribution in [3.8, 4) is 11.5 Å². The van der Waals surface area contributed by atoms with Gasteiger partial charge in [0, 0.05) is 12.6 Å². The number of rotatable bonds is 12. The van der Waals surface area contributed by atoms with Crippen LogP contribution >= 0.6 is 15.9 Å². The average molecular weight is 687 g/mol. The van der Waals surface area contributed by atoms with Crippen molar-refractivity contribution in [3.63, 3.8) is 0 Å². The molecule has 0 saturated heterocycles. The minimum absolute atomic E-state index is 0.0108. The van der Waals surface area contributed by atoms with E-state index in [1.54, 1.807) is 56.5 Å². The Bertz CT molecular complexity index is 1540. The van der Waals surface area contributed by atoms with E-state index in [4.69, 9.17) is 9.47 Å². The van der Waals surface area contributed by atoms with Gasteiger partial charge in [0.05, 0.1) is 29.3 Å². The lowest BCUT2D eigenvalue weighted by atomic mass is 9.95. The Balaban J connectivity index is 1.69. The van der Waals surface area contributed by atoms with Crippen LogP contribution in [0.3, 0.4) is 0 Å². The molecule has 3 aromatic carbocycles. The van der Waals surface area contributed by atoms with Crippen molar-refractivity contribution in [1.82, 2.24) is 10.2 Å².